The minimum atomic E-state index is -0.566. The van der Waals surface area contributed by atoms with Gasteiger partial charge in [0.05, 0.1) is 0 Å². The van der Waals surface area contributed by atoms with Gasteiger partial charge in [0, 0.05) is 9.79 Å². The monoisotopic (exact) mass is 378 g/mol. The molecule has 0 aliphatic rings. The zero-order valence-corrected chi connectivity index (χ0v) is 15.4. The van der Waals surface area contributed by atoms with Gasteiger partial charge in [0.1, 0.15) is 9.67 Å². The Bertz CT molecular complexity index is 583. The van der Waals surface area contributed by atoms with Crippen molar-refractivity contribution in [3.8, 4) is 0 Å². The molecule has 0 fully saturated rings. The molecule has 21 heavy (non-hydrogen) atoms. The van der Waals surface area contributed by atoms with Crippen LogP contribution in [0.4, 0.5) is 0 Å². The largest absolute Gasteiger partial charge is 0.133 e. The molecular weight excluding hydrogens is 366 g/mol. The Kier molecular flexibility index (Phi) is 6.16. The fourth-order valence-corrected chi connectivity index (χ4v) is 4.06. The zero-order chi connectivity index (χ0) is 15.6. The lowest BCUT2D eigenvalue weighted by Crippen LogP contribution is -1.92. The van der Waals surface area contributed by atoms with Crippen LogP contribution in [0.3, 0.4) is 0 Å². The van der Waals surface area contributed by atoms with Crippen molar-refractivity contribution >= 4 is 58.2 Å². The first-order valence-corrected chi connectivity index (χ1v) is 8.90. The molecule has 0 bridgehead atoms. The van der Waals surface area contributed by atoms with Crippen molar-refractivity contribution in [3.63, 3.8) is 0 Å². The topological polar surface area (TPSA) is 0 Å². The highest BCUT2D eigenvalue weighted by molar-refractivity contribution is 7.99. The summed E-state index contributed by atoms with van der Waals surface area (Å²) in [5.41, 5.74) is 4.04. The molecule has 5 heteroatoms. The Balaban J connectivity index is 2.43. The van der Waals surface area contributed by atoms with Gasteiger partial charge >= 0.3 is 0 Å². The molecule has 0 N–H and O–H groups in total. The van der Waals surface area contributed by atoms with E-state index >= 15 is 0 Å². The molecule has 2 rings (SSSR count). The first kappa shape index (κ1) is 17.3. The molecule has 0 atom stereocenters. The third-order valence-electron chi connectivity index (χ3n) is 3.02. The van der Waals surface area contributed by atoms with Crippen molar-refractivity contribution < 1.29 is 0 Å². The van der Waals surface area contributed by atoms with Gasteiger partial charge < -0.3 is 0 Å². The van der Waals surface area contributed by atoms with E-state index in [-0.39, 0.29) is 0 Å². The Hall–Kier alpha value is -0.0500. The third kappa shape index (κ3) is 4.46. The van der Waals surface area contributed by atoms with Crippen LogP contribution < -0.4 is 0 Å². The first-order valence-electron chi connectivity index (χ1n) is 6.33. The van der Waals surface area contributed by atoms with Gasteiger partial charge in [-0.3, -0.25) is 0 Å². The summed E-state index contributed by atoms with van der Waals surface area (Å²) >= 11 is 25.9. The molecule has 2 aromatic carbocycles. The summed E-state index contributed by atoms with van der Waals surface area (Å²) in [6.07, 6.45) is 0. The second-order valence-electron chi connectivity index (χ2n) is 4.79. The smallest absolute Gasteiger partial charge is 0.100 e. The lowest BCUT2D eigenvalue weighted by molar-refractivity contribution is 1.17. The van der Waals surface area contributed by atoms with Crippen molar-refractivity contribution in [1.82, 2.24) is 0 Å². The molecule has 0 unspecified atom stereocenters. The number of aryl methyl sites for hydroxylation is 2. The van der Waals surface area contributed by atoms with Gasteiger partial charge in [-0.25, -0.2) is 0 Å². The zero-order valence-electron chi connectivity index (χ0n) is 11.5. The lowest BCUT2D eigenvalue weighted by Gasteiger charge is -2.14. The quantitative estimate of drug-likeness (QED) is 0.498. The van der Waals surface area contributed by atoms with Crippen molar-refractivity contribution in [2.75, 3.05) is 0 Å². The molecular formula is C16H14Cl4S. The third-order valence-corrected chi connectivity index (χ3v) is 5.14. The van der Waals surface area contributed by atoms with Crippen molar-refractivity contribution in [3.05, 3.63) is 58.7 Å². The number of hydrogen-bond acceptors (Lipinski definition) is 1. The van der Waals surface area contributed by atoms with E-state index in [9.17, 15) is 0 Å². The van der Waals surface area contributed by atoms with Crippen LogP contribution in [-0.4, -0.2) is 0 Å². The van der Waals surface area contributed by atoms with Gasteiger partial charge in [-0.05, 0) is 37.1 Å². The van der Waals surface area contributed by atoms with Crippen molar-refractivity contribution in [2.24, 2.45) is 0 Å². The van der Waals surface area contributed by atoms with Gasteiger partial charge in [-0.15, -0.1) is 46.4 Å². The van der Waals surface area contributed by atoms with E-state index in [1.54, 1.807) is 11.8 Å². The van der Waals surface area contributed by atoms with E-state index in [2.05, 4.69) is 0 Å². The molecule has 0 aliphatic carbocycles. The Morgan fingerprint density at radius 1 is 0.714 bits per heavy atom. The highest BCUT2D eigenvalue weighted by Crippen LogP contribution is 2.42. The number of alkyl halides is 4. The van der Waals surface area contributed by atoms with Crippen molar-refractivity contribution in [2.45, 2.75) is 33.3 Å². The maximum atomic E-state index is 6.07. The molecule has 0 aliphatic heterocycles. The van der Waals surface area contributed by atoms with Gasteiger partial charge in [-0.2, -0.15) is 0 Å². The summed E-state index contributed by atoms with van der Waals surface area (Å²) in [6.45, 7) is 4.03. The van der Waals surface area contributed by atoms with Crippen LogP contribution in [0.25, 0.3) is 0 Å². The van der Waals surface area contributed by atoms with E-state index in [1.807, 2.05) is 50.2 Å². The van der Waals surface area contributed by atoms with E-state index < -0.39 is 9.67 Å². The van der Waals surface area contributed by atoms with Gasteiger partial charge in [0.25, 0.3) is 0 Å². The summed E-state index contributed by atoms with van der Waals surface area (Å²) in [4.78, 5) is 0.887. The average molecular weight is 380 g/mol. The maximum Gasteiger partial charge on any atom is 0.133 e. The number of benzene rings is 2. The molecule has 0 amide bonds. The average Bonchev–Trinajstić information content (AvgIpc) is 2.42. The van der Waals surface area contributed by atoms with Gasteiger partial charge in [-0.1, -0.05) is 47.2 Å². The van der Waals surface area contributed by atoms with Crippen LogP contribution in [0.15, 0.2) is 46.2 Å². The number of rotatable bonds is 4. The SMILES string of the molecule is Cc1ccc(Sc2ccc(C)cc2C(Cl)Cl)c(C(Cl)Cl)c1. The standard InChI is InChI=1S/C16H14Cl4S/c1-9-3-5-13(11(7-9)15(17)18)21-14-6-4-10(2)8-12(14)16(19)20/h3-8,15-16H,1-2H3. The Morgan fingerprint density at radius 2 is 1.10 bits per heavy atom. The molecule has 0 saturated carbocycles. The Morgan fingerprint density at radius 3 is 1.43 bits per heavy atom. The molecule has 0 aromatic heterocycles. The van der Waals surface area contributed by atoms with Gasteiger partial charge in [0.2, 0.25) is 0 Å². The number of hydrogen-bond donors (Lipinski definition) is 0. The van der Waals surface area contributed by atoms with Gasteiger partial charge in [0.15, 0.2) is 0 Å². The minimum Gasteiger partial charge on any atom is -0.100 e. The van der Waals surface area contributed by atoms with Crippen LogP contribution in [0.2, 0.25) is 0 Å². The summed E-state index contributed by atoms with van der Waals surface area (Å²) in [7, 11) is 0. The lowest BCUT2D eigenvalue weighted by atomic mass is 10.1. The summed E-state index contributed by atoms with van der Waals surface area (Å²) in [6, 6.07) is 12.1. The molecule has 0 nitrogen and oxygen atoms in total. The van der Waals surface area contributed by atoms with Crippen LogP contribution in [0, 0.1) is 13.8 Å². The second-order valence-corrected chi connectivity index (χ2v) is 8.06. The molecule has 0 saturated heterocycles. The van der Waals surface area contributed by atoms with Crippen LogP contribution in [-0.2, 0) is 0 Å². The molecule has 112 valence electrons. The molecule has 2 aromatic rings. The van der Waals surface area contributed by atoms with E-state index in [0.29, 0.717) is 0 Å². The molecule has 0 spiro atoms. The first-order chi connectivity index (χ1) is 9.88. The van der Waals surface area contributed by atoms with Crippen LogP contribution in [0.5, 0.6) is 0 Å². The Labute approximate surface area is 149 Å². The van der Waals surface area contributed by atoms with Crippen molar-refractivity contribution in [1.29, 1.82) is 0 Å². The normalized spacial score (nSPS) is 11.4. The fourth-order valence-electron chi connectivity index (χ4n) is 1.98. The van der Waals surface area contributed by atoms with Crippen LogP contribution >= 0.6 is 58.2 Å². The van der Waals surface area contributed by atoms with E-state index in [1.165, 1.54) is 0 Å². The van der Waals surface area contributed by atoms with E-state index in [0.717, 1.165) is 32.0 Å². The minimum absolute atomic E-state index is 0.566. The summed E-state index contributed by atoms with van der Waals surface area (Å²) in [5, 5.41) is 0. The maximum absolute atomic E-state index is 6.07. The highest BCUT2D eigenvalue weighted by atomic mass is 35.5. The predicted molar refractivity (Wildman–Crippen MR) is 95.4 cm³/mol. The molecule has 0 radical (unpaired) electrons. The molecule has 0 heterocycles. The van der Waals surface area contributed by atoms with E-state index in [4.69, 9.17) is 46.4 Å². The van der Waals surface area contributed by atoms with Crippen LogP contribution in [0.1, 0.15) is 31.9 Å². The summed E-state index contributed by atoms with van der Waals surface area (Å²) < 4.78 is 0. The second kappa shape index (κ2) is 7.48. The highest BCUT2D eigenvalue weighted by Gasteiger charge is 2.15. The predicted octanol–water partition coefficient (Wildman–Crippen LogP) is 7.41. The number of halogens is 4. The summed E-state index contributed by atoms with van der Waals surface area (Å²) in [5.74, 6) is 0. The fraction of sp³-hybridized carbons (Fsp3) is 0.250.